The average molecular weight is 417 g/mol. The van der Waals surface area contributed by atoms with Gasteiger partial charge in [-0.2, -0.15) is 0 Å². The summed E-state index contributed by atoms with van der Waals surface area (Å²) in [6, 6.07) is 4.45. The van der Waals surface area contributed by atoms with Gasteiger partial charge in [-0.15, -0.1) is 11.3 Å². The number of guanidine groups is 1. The Balaban J connectivity index is 1.84. The highest BCUT2D eigenvalue weighted by Crippen LogP contribution is 2.22. The lowest BCUT2D eigenvalue weighted by Gasteiger charge is -2.32. The maximum Gasteiger partial charge on any atom is 0.409 e. The van der Waals surface area contributed by atoms with E-state index in [4.69, 9.17) is 4.74 Å². The number of amides is 1. The molecule has 1 aliphatic heterocycles. The van der Waals surface area contributed by atoms with Crippen molar-refractivity contribution in [2.75, 3.05) is 26.2 Å². The molecule has 2 N–H and O–H groups in total. The van der Waals surface area contributed by atoms with Crippen LogP contribution in [0.4, 0.5) is 4.79 Å². The van der Waals surface area contributed by atoms with Crippen molar-refractivity contribution in [1.29, 1.82) is 0 Å². The topological polar surface area (TPSA) is 66.0 Å². The Labute approximate surface area is 155 Å². The number of nitrogens with one attached hydrogen (secondary N) is 2. The Morgan fingerprint density at radius 3 is 2.75 bits per heavy atom. The lowest BCUT2D eigenvalue weighted by Crippen LogP contribution is -2.49. The molecule has 0 atom stereocenters. The predicted octanol–water partition coefficient (Wildman–Crippen LogP) is 3.19. The van der Waals surface area contributed by atoms with Crippen LogP contribution in [0.25, 0.3) is 0 Å². The van der Waals surface area contributed by atoms with Crippen LogP contribution in [0.2, 0.25) is 0 Å². The van der Waals surface area contributed by atoms with Crippen LogP contribution in [0.5, 0.6) is 0 Å². The van der Waals surface area contributed by atoms with E-state index in [1.807, 2.05) is 13.0 Å². The van der Waals surface area contributed by atoms with Gasteiger partial charge in [-0.1, -0.05) is 0 Å². The van der Waals surface area contributed by atoms with Crippen LogP contribution in [-0.4, -0.2) is 49.2 Å². The molecule has 1 aromatic rings. The molecule has 0 radical (unpaired) electrons. The average Bonchev–Trinajstić information content (AvgIpc) is 2.99. The van der Waals surface area contributed by atoms with Gasteiger partial charge >= 0.3 is 6.09 Å². The third kappa shape index (κ3) is 5.98. The number of nitrogens with zero attached hydrogens (tertiary/aromatic N) is 2. The monoisotopic (exact) mass is 416 g/mol. The summed E-state index contributed by atoms with van der Waals surface area (Å²) in [6.45, 7) is 7.23. The second-order valence-corrected chi connectivity index (χ2v) is 8.05. The Morgan fingerprint density at radius 1 is 1.42 bits per heavy atom. The molecule has 0 bridgehead atoms. The van der Waals surface area contributed by atoms with E-state index in [0.717, 1.165) is 29.1 Å². The van der Waals surface area contributed by atoms with Gasteiger partial charge in [-0.25, -0.2) is 9.79 Å². The van der Waals surface area contributed by atoms with Crippen LogP contribution in [0.3, 0.4) is 0 Å². The van der Waals surface area contributed by atoms with Crippen molar-refractivity contribution >= 4 is 39.3 Å². The van der Waals surface area contributed by atoms with E-state index < -0.39 is 0 Å². The first-order valence-corrected chi connectivity index (χ1v) is 9.94. The van der Waals surface area contributed by atoms with Crippen LogP contribution >= 0.6 is 27.3 Å². The molecule has 0 spiro atoms. The minimum Gasteiger partial charge on any atom is -0.450 e. The molecule has 6 nitrogen and oxygen atoms in total. The molecule has 1 aliphatic rings. The molecule has 0 aromatic carbocycles. The number of aliphatic imine (C=N–C) groups is 1. The Kier molecular flexibility index (Phi) is 7.84. The van der Waals surface area contributed by atoms with E-state index in [-0.39, 0.29) is 6.09 Å². The maximum absolute atomic E-state index is 11.7. The summed E-state index contributed by atoms with van der Waals surface area (Å²) < 4.78 is 6.18. The highest BCUT2D eigenvalue weighted by atomic mass is 79.9. The fourth-order valence-electron chi connectivity index (χ4n) is 2.53. The number of hydrogen-bond donors (Lipinski definition) is 2. The fraction of sp³-hybridized carbons (Fsp3) is 0.625. The SMILES string of the molecule is CCNC(=NCc1ccc(Br)s1)NC1CCN(C(=O)OCC)CC1. The second-order valence-electron chi connectivity index (χ2n) is 5.51. The quantitative estimate of drug-likeness (QED) is 0.571. The van der Waals surface area contributed by atoms with Gasteiger partial charge < -0.3 is 20.3 Å². The van der Waals surface area contributed by atoms with Crippen molar-refractivity contribution in [2.45, 2.75) is 39.3 Å². The van der Waals surface area contributed by atoms with Gasteiger partial charge in [0.2, 0.25) is 0 Å². The summed E-state index contributed by atoms with van der Waals surface area (Å²) in [5, 5.41) is 6.77. The highest BCUT2D eigenvalue weighted by molar-refractivity contribution is 9.11. The van der Waals surface area contributed by atoms with E-state index in [1.54, 1.807) is 16.2 Å². The zero-order valence-electron chi connectivity index (χ0n) is 14.2. The van der Waals surface area contributed by atoms with Gasteiger partial charge in [0, 0.05) is 30.6 Å². The zero-order valence-corrected chi connectivity index (χ0v) is 16.6. The Morgan fingerprint density at radius 2 is 2.17 bits per heavy atom. The van der Waals surface area contributed by atoms with Crippen molar-refractivity contribution in [3.63, 3.8) is 0 Å². The number of hydrogen-bond acceptors (Lipinski definition) is 4. The maximum atomic E-state index is 11.7. The lowest BCUT2D eigenvalue weighted by atomic mass is 10.1. The van der Waals surface area contributed by atoms with E-state index in [2.05, 4.69) is 44.5 Å². The van der Waals surface area contributed by atoms with Gasteiger partial charge in [0.15, 0.2) is 5.96 Å². The lowest BCUT2D eigenvalue weighted by molar-refractivity contribution is 0.0963. The van der Waals surface area contributed by atoms with Gasteiger partial charge in [0.25, 0.3) is 0 Å². The molecule has 1 saturated heterocycles. The van der Waals surface area contributed by atoms with Crippen LogP contribution < -0.4 is 10.6 Å². The number of piperidine rings is 1. The molecular weight excluding hydrogens is 392 g/mol. The molecule has 134 valence electrons. The number of carbonyl (C=O) groups excluding carboxylic acids is 1. The molecule has 0 aliphatic carbocycles. The smallest absolute Gasteiger partial charge is 0.409 e. The van der Waals surface area contributed by atoms with Crippen molar-refractivity contribution in [2.24, 2.45) is 4.99 Å². The molecule has 1 fully saturated rings. The number of carbonyl (C=O) groups is 1. The number of rotatable bonds is 5. The summed E-state index contributed by atoms with van der Waals surface area (Å²) in [4.78, 5) is 19.4. The second kappa shape index (κ2) is 9.88. The summed E-state index contributed by atoms with van der Waals surface area (Å²) in [5.74, 6) is 0.830. The van der Waals surface area contributed by atoms with Crippen molar-refractivity contribution in [3.8, 4) is 0 Å². The molecule has 1 amide bonds. The Hall–Kier alpha value is -1.28. The van der Waals surface area contributed by atoms with Crippen LogP contribution in [-0.2, 0) is 11.3 Å². The van der Waals surface area contributed by atoms with Gasteiger partial charge in [-0.05, 0) is 54.8 Å². The van der Waals surface area contributed by atoms with E-state index in [0.29, 0.717) is 32.3 Å². The highest BCUT2D eigenvalue weighted by Gasteiger charge is 2.23. The van der Waals surface area contributed by atoms with Gasteiger partial charge in [-0.3, -0.25) is 0 Å². The van der Waals surface area contributed by atoms with E-state index in [9.17, 15) is 4.79 Å². The van der Waals surface area contributed by atoms with Crippen LogP contribution in [0.15, 0.2) is 20.9 Å². The molecular formula is C16H25BrN4O2S. The Bertz CT molecular complexity index is 556. The summed E-state index contributed by atoms with van der Waals surface area (Å²) in [7, 11) is 0. The first-order valence-electron chi connectivity index (χ1n) is 8.33. The molecule has 2 rings (SSSR count). The fourth-order valence-corrected chi connectivity index (χ4v) is 3.94. The first kappa shape index (κ1) is 19.1. The van der Waals surface area contributed by atoms with Crippen molar-refractivity contribution in [3.05, 3.63) is 20.8 Å². The zero-order chi connectivity index (χ0) is 17.4. The third-order valence-corrected chi connectivity index (χ3v) is 5.34. The number of ether oxygens (including phenoxy) is 1. The summed E-state index contributed by atoms with van der Waals surface area (Å²) >= 11 is 5.17. The number of thiophene rings is 1. The van der Waals surface area contributed by atoms with Gasteiger partial charge in [0.05, 0.1) is 16.9 Å². The minimum absolute atomic E-state index is 0.209. The molecule has 24 heavy (non-hydrogen) atoms. The van der Waals surface area contributed by atoms with Gasteiger partial charge in [0.1, 0.15) is 0 Å². The summed E-state index contributed by atoms with van der Waals surface area (Å²) in [5.41, 5.74) is 0. The van der Waals surface area contributed by atoms with Crippen LogP contribution in [0, 0.1) is 0 Å². The molecule has 2 heterocycles. The molecule has 0 saturated carbocycles. The molecule has 0 unspecified atom stereocenters. The number of halogens is 1. The van der Waals surface area contributed by atoms with Crippen molar-refractivity contribution < 1.29 is 9.53 Å². The molecule has 8 heteroatoms. The van der Waals surface area contributed by atoms with Crippen LogP contribution in [0.1, 0.15) is 31.6 Å². The third-order valence-electron chi connectivity index (χ3n) is 3.73. The standard InChI is InChI=1S/C16H25BrN4O2S/c1-3-18-15(19-11-13-5-6-14(17)24-13)20-12-7-9-21(10-8-12)16(22)23-4-2/h5-6,12H,3-4,7-11H2,1-2H3,(H2,18,19,20). The number of likely N-dealkylation sites (tertiary alicyclic amines) is 1. The predicted molar refractivity (Wildman–Crippen MR) is 102 cm³/mol. The minimum atomic E-state index is -0.209. The van der Waals surface area contributed by atoms with Crippen molar-refractivity contribution in [1.82, 2.24) is 15.5 Å². The largest absolute Gasteiger partial charge is 0.450 e. The normalized spacial score (nSPS) is 16.1. The molecule has 1 aromatic heterocycles. The summed E-state index contributed by atoms with van der Waals surface area (Å²) in [6.07, 6.45) is 1.58. The first-order chi connectivity index (χ1) is 11.6. The van der Waals surface area contributed by atoms with E-state index in [1.165, 1.54) is 4.88 Å². The van der Waals surface area contributed by atoms with E-state index >= 15 is 0 Å².